The van der Waals surface area contributed by atoms with Crippen molar-refractivity contribution in [2.45, 2.75) is 26.3 Å². The van der Waals surface area contributed by atoms with Gasteiger partial charge in [-0.1, -0.05) is 13.8 Å². The molecule has 1 rings (SSSR count). The fraction of sp³-hybridized carbons (Fsp3) is 0.889. The number of nitrogens with one attached hydrogen (secondary N) is 1. The molecular weight excluding hydrogens is 152 g/mol. The second-order valence-electron chi connectivity index (χ2n) is 4.30. The van der Waals surface area contributed by atoms with Crippen molar-refractivity contribution in [2.75, 3.05) is 20.6 Å². The van der Waals surface area contributed by atoms with Gasteiger partial charge < -0.3 is 5.32 Å². The molecule has 12 heavy (non-hydrogen) atoms. The summed E-state index contributed by atoms with van der Waals surface area (Å²) >= 11 is 0. The van der Waals surface area contributed by atoms with Gasteiger partial charge >= 0.3 is 0 Å². The summed E-state index contributed by atoms with van der Waals surface area (Å²) in [4.78, 5) is 13.1. The van der Waals surface area contributed by atoms with Gasteiger partial charge in [-0.05, 0) is 18.9 Å². The molecule has 0 bridgehead atoms. The average molecular weight is 170 g/mol. The summed E-state index contributed by atoms with van der Waals surface area (Å²) < 4.78 is 0. The molecular formula is C9H18N2O. The first-order chi connectivity index (χ1) is 5.47. The minimum absolute atomic E-state index is 0.0974. The molecule has 1 fully saturated rings. The molecule has 1 atom stereocenters. The van der Waals surface area contributed by atoms with E-state index in [0.29, 0.717) is 18.0 Å². The molecule has 3 heteroatoms. The van der Waals surface area contributed by atoms with Crippen LogP contribution in [0.5, 0.6) is 0 Å². The number of nitrogens with zero attached hydrogens (tertiary/aromatic N) is 1. The van der Waals surface area contributed by atoms with Gasteiger partial charge in [-0.25, -0.2) is 0 Å². The number of rotatable bonds is 3. The Labute approximate surface area is 74.1 Å². The van der Waals surface area contributed by atoms with Crippen LogP contribution in [0.1, 0.15) is 20.3 Å². The van der Waals surface area contributed by atoms with Crippen molar-refractivity contribution in [3.05, 3.63) is 0 Å². The first kappa shape index (κ1) is 9.52. The first-order valence-electron chi connectivity index (χ1n) is 4.38. The Kier molecular flexibility index (Phi) is 2.42. The van der Waals surface area contributed by atoms with Crippen LogP contribution in [0.4, 0.5) is 0 Å². The number of hydrogen-bond donors (Lipinski definition) is 1. The normalized spacial score (nSPS) is 25.6. The van der Waals surface area contributed by atoms with Crippen molar-refractivity contribution in [3.8, 4) is 0 Å². The Morgan fingerprint density at radius 2 is 2.17 bits per heavy atom. The van der Waals surface area contributed by atoms with Crippen molar-refractivity contribution in [2.24, 2.45) is 5.41 Å². The monoisotopic (exact) mass is 170 g/mol. The number of hydrogen-bond acceptors (Lipinski definition) is 2. The highest BCUT2D eigenvalue weighted by molar-refractivity contribution is 5.77. The van der Waals surface area contributed by atoms with Crippen molar-refractivity contribution in [3.63, 3.8) is 0 Å². The van der Waals surface area contributed by atoms with Crippen LogP contribution in [-0.4, -0.2) is 37.5 Å². The molecule has 0 aromatic carbocycles. The molecule has 1 saturated carbocycles. The molecule has 1 aliphatic carbocycles. The van der Waals surface area contributed by atoms with Crippen LogP contribution in [0.2, 0.25) is 0 Å². The van der Waals surface area contributed by atoms with Gasteiger partial charge in [-0.2, -0.15) is 0 Å². The van der Waals surface area contributed by atoms with Gasteiger partial charge in [0.1, 0.15) is 0 Å². The van der Waals surface area contributed by atoms with E-state index in [0.717, 1.165) is 0 Å². The second kappa shape index (κ2) is 3.05. The molecule has 0 heterocycles. The Morgan fingerprint density at radius 3 is 2.50 bits per heavy atom. The average Bonchev–Trinajstić information content (AvgIpc) is 2.59. The summed E-state index contributed by atoms with van der Waals surface area (Å²) in [6, 6.07) is 0.592. The van der Waals surface area contributed by atoms with Gasteiger partial charge in [0, 0.05) is 13.1 Å². The van der Waals surface area contributed by atoms with E-state index < -0.39 is 0 Å². The molecule has 0 saturated heterocycles. The van der Waals surface area contributed by atoms with Gasteiger partial charge in [0.05, 0.1) is 6.54 Å². The smallest absolute Gasteiger partial charge is 0.233 e. The predicted molar refractivity (Wildman–Crippen MR) is 48.9 cm³/mol. The van der Waals surface area contributed by atoms with Crippen molar-refractivity contribution in [1.29, 1.82) is 0 Å². The summed E-state index contributed by atoms with van der Waals surface area (Å²) in [6.45, 7) is 4.99. The van der Waals surface area contributed by atoms with E-state index in [1.165, 1.54) is 6.42 Å². The van der Waals surface area contributed by atoms with Crippen LogP contribution in [0, 0.1) is 5.41 Å². The fourth-order valence-electron chi connectivity index (χ4n) is 1.61. The minimum atomic E-state index is 0.0974. The van der Waals surface area contributed by atoms with E-state index in [4.69, 9.17) is 0 Å². The van der Waals surface area contributed by atoms with Gasteiger partial charge in [-0.15, -0.1) is 0 Å². The van der Waals surface area contributed by atoms with Crippen LogP contribution in [0.15, 0.2) is 0 Å². The van der Waals surface area contributed by atoms with Crippen LogP contribution >= 0.6 is 0 Å². The summed E-state index contributed by atoms with van der Waals surface area (Å²) in [5.74, 6) is 0.0974. The molecule has 0 spiro atoms. The third kappa shape index (κ3) is 1.97. The maximum Gasteiger partial charge on any atom is 0.233 e. The lowest BCUT2D eigenvalue weighted by Gasteiger charge is -2.17. The molecule has 0 aliphatic heterocycles. The summed E-state index contributed by atoms with van der Waals surface area (Å²) in [5.41, 5.74) is 0.419. The lowest BCUT2D eigenvalue weighted by atomic mass is 10.2. The van der Waals surface area contributed by atoms with E-state index >= 15 is 0 Å². The highest BCUT2D eigenvalue weighted by Crippen LogP contribution is 2.47. The number of carbonyl (C=O) groups excluding carboxylic acids is 1. The lowest BCUT2D eigenvalue weighted by Crippen LogP contribution is -2.35. The second-order valence-corrected chi connectivity index (χ2v) is 4.30. The number of amides is 1. The predicted octanol–water partition coefficient (Wildman–Crippen LogP) is 0.463. The Morgan fingerprint density at radius 1 is 1.67 bits per heavy atom. The third-order valence-electron chi connectivity index (χ3n) is 2.67. The quantitative estimate of drug-likeness (QED) is 0.667. The van der Waals surface area contributed by atoms with Crippen LogP contribution < -0.4 is 5.32 Å². The Balaban J connectivity index is 2.31. The molecule has 1 amide bonds. The number of likely N-dealkylation sites (N-methyl/N-ethyl adjacent to an activating group) is 2. The summed E-state index contributed by atoms with van der Waals surface area (Å²) in [6.07, 6.45) is 1.21. The van der Waals surface area contributed by atoms with Crippen LogP contribution in [0.25, 0.3) is 0 Å². The fourth-order valence-corrected chi connectivity index (χ4v) is 1.61. The maximum atomic E-state index is 11.0. The molecule has 3 nitrogen and oxygen atoms in total. The standard InChI is InChI=1S/C9H18N2O/c1-9(2)5-7(9)11(4)6-8(12)10-3/h7H,5-6H2,1-4H3,(H,10,12). The van der Waals surface area contributed by atoms with Crippen LogP contribution in [0.3, 0.4) is 0 Å². The highest BCUT2D eigenvalue weighted by Gasteiger charge is 2.48. The molecule has 0 aromatic rings. The van der Waals surface area contributed by atoms with Crippen molar-refractivity contribution < 1.29 is 4.79 Å². The van der Waals surface area contributed by atoms with Crippen LogP contribution in [-0.2, 0) is 4.79 Å². The summed E-state index contributed by atoms with van der Waals surface area (Å²) in [7, 11) is 3.68. The zero-order valence-corrected chi connectivity index (χ0v) is 8.35. The topological polar surface area (TPSA) is 32.3 Å². The zero-order chi connectivity index (χ0) is 9.35. The van der Waals surface area contributed by atoms with E-state index in [-0.39, 0.29) is 5.91 Å². The number of carbonyl (C=O) groups is 1. The van der Waals surface area contributed by atoms with Gasteiger partial charge in [-0.3, -0.25) is 9.69 Å². The van der Waals surface area contributed by atoms with Gasteiger partial charge in [0.15, 0.2) is 0 Å². The molecule has 1 unspecified atom stereocenters. The van der Waals surface area contributed by atoms with Gasteiger partial charge in [0.2, 0.25) is 5.91 Å². The first-order valence-corrected chi connectivity index (χ1v) is 4.38. The van der Waals surface area contributed by atoms with E-state index in [1.807, 2.05) is 7.05 Å². The van der Waals surface area contributed by atoms with E-state index in [2.05, 4.69) is 24.1 Å². The Hall–Kier alpha value is -0.570. The Bertz CT molecular complexity index is 189. The lowest BCUT2D eigenvalue weighted by molar-refractivity contribution is -0.121. The van der Waals surface area contributed by atoms with Crippen molar-refractivity contribution in [1.82, 2.24) is 10.2 Å². The molecule has 1 aliphatic rings. The zero-order valence-electron chi connectivity index (χ0n) is 8.35. The van der Waals surface area contributed by atoms with E-state index in [1.54, 1.807) is 7.05 Å². The van der Waals surface area contributed by atoms with Crippen molar-refractivity contribution >= 4 is 5.91 Å². The minimum Gasteiger partial charge on any atom is -0.358 e. The van der Waals surface area contributed by atoms with Gasteiger partial charge in [0.25, 0.3) is 0 Å². The van der Waals surface area contributed by atoms with E-state index in [9.17, 15) is 4.79 Å². The largest absolute Gasteiger partial charge is 0.358 e. The SMILES string of the molecule is CNC(=O)CN(C)C1CC1(C)C. The molecule has 0 radical (unpaired) electrons. The molecule has 1 N–H and O–H groups in total. The maximum absolute atomic E-state index is 11.0. The molecule has 0 aromatic heterocycles. The summed E-state index contributed by atoms with van der Waals surface area (Å²) in [5, 5.41) is 2.63. The third-order valence-corrected chi connectivity index (χ3v) is 2.67. The highest BCUT2D eigenvalue weighted by atomic mass is 16.1. The molecule has 70 valence electrons.